The van der Waals surface area contributed by atoms with Gasteiger partial charge in [-0.2, -0.15) is 9.78 Å². The van der Waals surface area contributed by atoms with Crippen molar-refractivity contribution < 1.29 is 13.2 Å². The topological polar surface area (TPSA) is 33.1 Å². The molecule has 0 unspecified atom stereocenters. The Bertz CT molecular complexity index is 413. The lowest BCUT2D eigenvalue weighted by Gasteiger charge is -2.56. The SMILES string of the molecule is FC(F)(F)n1ccc(CN2CC3(CNC3)C2)n1. The van der Waals surface area contributed by atoms with Crippen molar-refractivity contribution in [1.29, 1.82) is 0 Å². The molecule has 0 bridgehead atoms. The molecule has 0 atom stereocenters. The standard InChI is InChI=1S/C10H13F3N4/c11-10(12,13)17-2-1-8(15-17)3-16-6-9(7-16)4-14-5-9/h1-2,14H,3-7H2. The van der Waals surface area contributed by atoms with Gasteiger partial charge in [-0.25, -0.2) is 0 Å². The molecule has 2 aliphatic heterocycles. The lowest BCUT2D eigenvalue weighted by atomic mass is 9.74. The fraction of sp³-hybridized carbons (Fsp3) is 0.700. The summed E-state index contributed by atoms with van der Waals surface area (Å²) in [5.74, 6) is 0. The zero-order chi connectivity index (χ0) is 12.1. The highest BCUT2D eigenvalue weighted by Crippen LogP contribution is 2.34. The second kappa shape index (κ2) is 3.46. The van der Waals surface area contributed by atoms with Gasteiger partial charge in [0, 0.05) is 44.3 Å². The van der Waals surface area contributed by atoms with Crippen molar-refractivity contribution in [2.75, 3.05) is 26.2 Å². The van der Waals surface area contributed by atoms with E-state index in [0.29, 0.717) is 17.7 Å². The van der Waals surface area contributed by atoms with E-state index in [1.54, 1.807) is 0 Å². The number of halogens is 3. The summed E-state index contributed by atoms with van der Waals surface area (Å²) in [6.07, 6.45) is -3.44. The van der Waals surface area contributed by atoms with Crippen LogP contribution in [0, 0.1) is 5.41 Å². The van der Waals surface area contributed by atoms with Crippen LogP contribution >= 0.6 is 0 Å². The summed E-state index contributed by atoms with van der Waals surface area (Å²) in [6.45, 7) is 4.48. The molecule has 0 amide bonds. The molecule has 3 heterocycles. The van der Waals surface area contributed by atoms with Crippen molar-refractivity contribution in [1.82, 2.24) is 20.0 Å². The number of likely N-dealkylation sites (tertiary alicyclic amines) is 1. The Morgan fingerprint density at radius 1 is 1.35 bits per heavy atom. The second-order valence-corrected chi connectivity index (χ2v) is 4.97. The summed E-state index contributed by atoms with van der Waals surface area (Å²) in [4.78, 5) is 2.13. The molecule has 0 aliphatic carbocycles. The summed E-state index contributed by atoms with van der Waals surface area (Å²) in [5.41, 5.74) is 0.872. The van der Waals surface area contributed by atoms with E-state index in [0.717, 1.165) is 32.4 Å². The van der Waals surface area contributed by atoms with Gasteiger partial charge >= 0.3 is 6.30 Å². The van der Waals surface area contributed by atoms with Crippen LogP contribution in [0.4, 0.5) is 13.2 Å². The lowest BCUT2D eigenvalue weighted by Crippen LogP contribution is -2.70. The van der Waals surface area contributed by atoms with Crippen molar-refractivity contribution >= 4 is 0 Å². The van der Waals surface area contributed by atoms with Crippen LogP contribution in [-0.2, 0) is 12.8 Å². The first-order valence-corrected chi connectivity index (χ1v) is 5.52. The van der Waals surface area contributed by atoms with Crippen LogP contribution in [0.3, 0.4) is 0 Å². The van der Waals surface area contributed by atoms with Crippen LogP contribution in [-0.4, -0.2) is 40.9 Å². The summed E-state index contributed by atoms with van der Waals surface area (Å²) in [5, 5.41) is 6.75. The van der Waals surface area contributed by atoms with E-state index in [1.807, 2.05) is 0 Å². The summed E-state index contributed by atoms with van der Waals surface area (Å²) < 4.78 is 37.0. The molecular formula is C10H13F3N4. The van der Waals surface area contributed by atoms with Gasteiger partial charge < -0.3 is 5.32 Å². The third-order valence-corrected chi connectivity index (χ3v) is 3.41. The number of hydrogen-bond donors (Lipinski definition) is 1. The number of aromatic nitrogens is 2. The smallest absolute Gasteiger partial charge is 0.315 e. The first-order chi connectivity index (χ1) is 7.97. The van der Waals surface area contributed by atoms with Crippen LogP contribution in [0.25, 0.3) is 0 Å². The molecule has 4 nitrogen and oxygen atoms in total. The highest BCUT2D eigenvalue weighted by molar-refractivity contribution is 5.07. The maximum Gasteiger partial charge on any atom is 0.504 e. The van der Waals surface area contributed by atoms with E-state index < -0.39 is 6.30 Å². The summed E-state index contributed by atoms with van der Waals surface area (Å²) in [6, 6.07) is 1.43. The maximum absolute atomic E-state index is 12.3. The predicted octanol–water partition coefficient (Wildman–Crippen LogP) is 0.765. The third kappa shape index (κ3) is 1.93. The van der Waals surface area contributed by atoms with Crippen molar-refractivity contribution in [3.8, 4) is 0 Å². The molecular weight excluding hydrogens is 233 g/mol. The Morgan fingerprint density at radius 2 is 2.06 bits per heavy atom. The number of nitrogens with zero attached hydrogens (tertiary/aromatic N) is 3. The fourth-order valence-corrected chi connectivity index (χ4v) is 2.53. The van der Waals surface area contributed by atoms with Gasteiger partial charge in [-0.3, -0.25) is 4.90 Å². The van der Waals surface area contributed by atoms with Gasteiger partial charge in [-0.05, 0) is 6.07 Å². The monoisotopic (exact) mass is 246 g/mol. The highest BCUT2D eigenvalue weighted by atomic mass is 19.4. The van der Waals surface area contributed by atoms with E-state index in [1.165, 1.54) is 6.07 Å². The van der Waals surface area contributed by atoms with E-state index in [2.05, 4.69) is 15.3 Å². The summed E-state index contributed by atoms with van der Waals surface area (Å²) >= 11 is 0. The molecule has 7 heteroatoms. The molecule has 0 radical (unpaired) electrons. The zero-order valence-electron chi connectivity index (χ0n) is 9.17. The molecule has 1 aromatic heterocycles. The highest BCUT2D eigenvalue weighted by Gasteiger charge is 2.47. The molecule has 2 saturated heterocycles. The molecule has 0 saturated carbocycles. The number of rotatable bonds is 2. The Kier molecular flexibility index (Phi) is 2.24. The number of hydrogen-bond acceptors (Lipinski definition) is 3. The molecule has 94 valence electrons. The largest absolute Gasteiger partial charge is 0.504 e. The van der Waals surface area contributed by atoms with Crippen LogP contribution in [0.1, 0.15) is 5.69 Å². The van der Waals surface area contributed by atoms with Gasteiger partial charge in [-0.1, -0.05) is 0 Å². The van der Waals surface area contributed by atoms with Crippen LogP contribution in [0.15, 0.2) is 12.3 Å². The van der Waals surface area contributed by atoms with E-state index in [4.69, 9.17) is 0 Å². The van der Waals surface area contributed by atoms with Gasteiger partial charge in [0.05, 0.1) is 5.69 Å². The Labute approximate surface area is 96.4 Å². The average molecular weight is 246 g/mol. The first-order valence-electron chi connectivity index (χ1n) is 5.52. The lowest BCUT2D eigenvalue weighted by molar-refractivity contribution is -0.212. The molecule has 2 fully saturated rings. The maximum atomic E-state index is 12.3. The first kappa shape index (κ1) is 11.0. The van der Waals surface area contributed by atoms with Crippen molar-refractivity contribution in [3.63, 3.8) is 0 Å². The molecule has 1 spiro atoms. The minimum absolute atomic E-state index is 0.0583. The van der Waals surface area contributed by atoms with Crippen LogP contribution in [0.5, 0.6) is 0 Å². The molecule has 1 N–H and O–H groups in total. The minimum atomic E-state index is -4.41. The fourth-order valence-electron chi connectivity index (χ4n) is 2.53. The van der Waals surface area contributed by atoms with Gasteiger partial charge in [-0.15, -0.1) is 13.2 Å². The molecule has 3 rings (SSSR count). The van der Waals surface area contributed by atoms with Crippen molar-refractivity contribution in [2.45, 2.75) is 12.8 Å². The van der Waals surface area contributed by atoms with Gasteiger partial charge in [0.1, 0.15) is 0 Å². The Hall–Kier alpha value is -1.08. The number of alkyl halides is 3. The van der Waals surface area contributed by atoms with Crippen molar-refractivity contribution in [3.05, 3.63) is 18.0 Å². The molecule has 17 heavy (non-hydrogen) atoms. The van der Waals surface area contributed by atoms with Crippen LogP contribution in [0.2, 0.25) is 0 Å². The number of nitrogens with one attached hydrogen (secondary N) is 1. The van der Waals surface area contributed by atoms with Gasteiger partial charge in [0.2, 0.25) is 0 Å². The molecule has 2 aliphatic rings. The molecule has 1 aromatic rings. The minimum Gasteiger partial charge on any atom is -0.315 e. The Balaban J connectivity index is 1.57. The van der Waals surface area contributed by atoms with E-state index >= 15 is 0 Å². The molecule has 0 aromatic carbocycles. The second-order valence-electron chi connectivity index (χ2n) is 4.97. The van der Waals surface area contributed by atoms with Crippen molar-refractivity contribution in [2.24, 2.45) is 5.41 Å². The predicted molar refractivity (Wildman–Crippen MR) is 54.1 cm³/mol. The van der Waals surface area contributed by atoms with E-state index in [-0.39, 0.29) is 4.68 Å². The van der Waals surface area contributed by atoms with E-state index in [9.17, 15) is 13.2 Å². The average Bonchev–Trinajstić information content (AvgIpc) is 2.54. The third-order valence-electron chi connectivity index (χ3n) is 3.41. The normalized spacial score (nSPS) is 23.5. The van der Waals surface area contributed by atoms with Crippen LogP contribution < -0.4 is 5.32 Å². The zero-order valence-corrected chi connectivity index (χ0v) is 9.17. The van der Waals surface area contributed by atoms with Gasteiger partial charge in [0.25, 0.3) is 0 Å². The van der Waals surface area contributed by atoms with Gasteiger partial charge in [0.15, 0.2) is 0 Å². The summed E-state index contributed by atoms with van der Waals surface area (Å²) in [7, 11) is 0. The Morgan fingerprint density at radius 3 is 2.53 bits per heavy atom. The quantitative estimate of drug-likeness (QED) is 0.836.